The molecule has 7 nitrogen and oxygen atoms in total. The van der Waals surface area contributed by atoms with Crippen LogP contribution in [0.15, 0.2) is 24.4 Å². The van der Waals surface area contributed by atoms with Crippen LogP contribution in [0.25, 0.3) is 10.9 Å². The fraction of sp³-hybridized carbons (Fsp3) is 0.467. The molecule has 2 aromatic rings. The van der Waals surface area contributed by atoms with E-state index in [0.29, 0.717) is 5.56 Å². The third-order valence-corrected chi connectivity index (χ3v) is 3.06. The van der Waals surface area contributed by atoms with Gasteiger partial charge in [0.05, 0.1) is 11.7 Å². The maximum Gasteiger partial charge on any atom is 0.407 e. The highest BCUT2D eigenvalue weighted by Crippen LogP contribution is 2.24. The van der Waals surface area contributed by atoms with Gasteiger partial charge in [0.2, 0.25) is 0 Å². The van der Waals surface area contributed by atoms with Crippen LogP contribution >= 0.6 is 0 Å². The molecule has 7 heteroatoms. The van der Waals surface area contributed by atoms with Crippen LogP contribution in [-0.4, -0.2) is 44.8 Å². The van der Waals surface area contributed by atoms with Crippen LogP contribution in [0.3, 0.4) is 0 Å². The normalized spacial score (nSPS) is 14.6. The molecule has 1 heterocycles. The van der Waals surface area contributed by atoms with Gasteiger partial charge in [0, 0.05) is 11.9 Å². The Balaban J connectivity index is 1.99. The van der Waals surface area contributed by atoms with Gasteiger partial charge in [-0.3, -0.25) is 5.10 Å². The molecular formula is C15H21N3O4. The van der Waals surface area contributed by atoms with Gasteiger partial charge in [-0.05, 0) is 32.4 Å². The number of amides is 1. The van der Waals surface area contributed by atoms with Gasteiger partial charge in [0.25, 0.3) is 0 Å². The van der Waals surface area contributed by atoms with E-state index in [9.17, 15) is 15.0 Å². The fourth-order valence-corrected chi connectivity index (χ4v) is 2.07. The average Bonchev–Trinajstić information content (AvgIpc) is 2.90. The van der Waals surface area contributed by atoms with Gasteiger partial charge < -0.3 is 20.3 Å². The first kappa shape index (κ1) is 16.3. The zero-order chi connectivity index (χ0) is 16.3. The van der Waals surface area contributed by atoms with Crippen LogP contribution in [0.4, 0.5) is 4.79 Å². The first-order valence-corrected chi connectivity index (χ1v) is 7.03. The third-order valence-electron chi connectivity index (χ3n) is 3.06. The molecule has 2 unspecified atom stereocenters. The minimum absolute atomic E-state index is 0.121. The standard InChI is InChI=1S/C15H21N3O4/c1-15(2,3)22-14(21)16-8-12(19)13(20)9-5-4-6-11-10(9)7-17-18-11/h4-7,12-13,19-20H,8H2,1-3H3,(H,16,21)(H,17,18). The molecule has 2 atom stereocenters. The molecule has 0 aliphatic carbocycles. The Hall–Kier alpha value is -2.12. The summed E-state index contributed by atoms with van der Waals surface area (Å²) in [5, 5.41) is 30.2. The van der Waals surface area contributed by atoms with Crippen LogP contribution < -0.4 is 5.32 Å². The van der Waals surface area contributed by atoms with E-state index in [1.165, 1.54) is 0 Å². The second-order valence-electron chi connectivity index (χ2n) is 6.07. The molecule has 0 aliphatic rings. The summed E-state index contributed by atoms with van der Waals surface area (Å²) >= 11 is 0. The van der Waals surface area contributed by atoms with Crippen molar-refractivity contribution >= 4 is 17.0 Å². The second-order valence-corrected chi connectivity index (χ2v) is 6.07. The summed E-state index contributed by atoms with van der Waals surface area (Å²) in [7, 11) is 0. The van der Waals surface area contributed by atoms with Gasteiger partial charge in [0.15, 0.2) is 0 Å². The molecule has 1 amide bonds. The smallest absolute Gasteiger partial charge is 0.407 e. The Morgan fingerprint density at radius 2 is 2.14 bits per heavy atom. The van der Waals surface area contributed by atoms with E-state index in [4.69, 9.17) is 4.74 Å². The number of H-pyrrole nitrogens is 1. The van der Waals surface area contributed by atoms with Crippen molar-refractivity contribution in [3.63, 3.8) is 0 Å². The molecule has 0 spiro atoms. The number of aromatic nitrogens is 2. The van der Waals surface area contributed by atoms with Gasteiger partial charge in [-0.1, -0.05) is 12.1 Å². The van der Waals surface area contributed by atoms with E-state index >= 15 is 0 Å². The number of carbonyl (C=O) groups is 1. The predicted molar refractivity (Wildman–Crippen MR) is 81.3 cm³/mol. The number of alkyl carbamates (subject to hydrolysis) is 1. The number of aromatic amines is 1. The topological polar surface area (TPSA) is 107 Å². The van der Waals surface area contributed by atoms with Crippen molar-refractivity contribution in [2.45, 2.75) is 38.6 Å². The van der Waals surface area contributed by atoms with Gasteiger partial charge in [0.1, 0.15) is 17.8 Å². The largest absolute Gasteiger partial charge is 0.444 e. The Morgan fingerprint density at radius 3 is 2.82 bits per heavy atom. The summed E-state index contributed by atoms with van der Waals surface area (Å²) in [6.07, 6.45) is -1.36. The summed E-state index contributed by atoms with van der Waals surface area (Å²) in [5.74, 6) is 0. The van der Waals surface area contributed by atoms with E-state index in [1.54, 1.807) is 39.1 Å². The minimum atomic E-state index is -1.16. The SMILES string of the molecule is CC(C)(C)OC(=O)NCC(O)C(O)c1cccc2[nH]ncc12. The highest BCUT2D eigenvalue weighted by Gasteiger charge is 2.23. The molecule has 2 rings (SSSR count). The molecule has 0 saturated carbocycles. The van der Waals surface area contributed by atoms with Crippen LogP contribution in [0, 0.1) is 0 Å². The van der Waals surface area contributed by atoms with Gasteiger partial charge >= 0.3 is 6.09 Å². The number of carbonyl (C=O) groups excluding carboxylic acids is 1. The number of aliphatic hydroxyl groups is 2. The summed E-state index contributed by atoms with van der Waals surface area (Å²) in [4.78, 5) is 11.6. The van der Waals surface area contributed by atoms with E-state index in [0.717, 1.165) is 10.9 Å². The van der Waals surface area contributed by atoms with Gasteiger partial charge in [-0.15, -0.1) is 0 Å². The first-order chi connectivity index (χ1) is 10.3. The summed E-state index contributed by atoms with van der Waals surface area (Å²) in [6.45, 7) is 5.12. The molecule has 0 bridgehead atoms. The number of aliphatic hydroxyl groups excluding tert-OH is 2. The van der Waals surface area contributed by atoms with Crippen LogP contribution in [0.2, 0.25) is 0 Å². The molecule has 0 aliphatic heterocycles. The number of benzene rings is 1. The van der Waals surface area contributed by atoms with Crippen molar-refractivity contribution in [2.75, 3.05) is 6.54 Å². The van der Waals surface area contributed by atoms with E-state index < -0.39 is 23.9 Å². The summed E-state index contributed by atoms with van der Waals surface area (Å²) in [6, 6.07) is 5.29. The lowest BCUT2D eigenvalue weighted by atomic mass is 10.0. The maximum atomic E-state index is 11.6. The minimum Gasteiger partial charge on any atom is -0.444 e. The lowest BCUT2D eigenvalue weighted by molar-refractivity contribution is 0.0136. The monoisotopic (exact) mass is 307 g/mol. The number of ether oxygens (including phenoxy) is 1. The Morgan fingerprint density at radius 1 is 1.41 bits per heavy atom. The number of nitrogens with zero attached hydrogens (tertiary/aromatic N) is 1. The van der Waals surface area contributed by atoms with E-state index in [-0.39, 0.29) is 6.54 Å². The lowest BCUT2D eigenvalue weighted by Gasteiger charge is -2.22. The van der Waals surface area contributed by atoms with Crippen molar-refractivity contribution in [2.24, 2.45) is 0 Å². The molecular weight excluding hydrogens is 286 g/mol. The quantitative estimate of drug-likeness (QED) is 0.684. The molecule has 22 heavy (non-hydrogen) atoms. The first-order valence-electron chi connectivity index (χ1n) is 7.03. The van der Waals surface area contributed by atoms with Gasteiger partial charge in [-0.2, -0.15) is 5.10 Å². The van der Waals surface area contributed by atoms with Crippen molar-refractivity contribution in [3.8, 4) is 0 Å². The molecule has 1 aromatic carbocycles. The number of hydrogen-bond acceptors (Lipinski definition) is 5. The van der Waals surface area contributed by atoms with Crippen molar-refractivity contribution in [3.05, 3.63) is 30.0 Å². The lowest BCUT2D eigenvalue weighted by Crippen LogP contribution is -2.38. The average molecular weight is 307 g/mol. The van der Waals surface area contributed by atoms with Gasteiger partial charge in [-0.25, -0.2) is 4.79 Å². The van der Waals surface area contributed by atoms with Crippen molar-refractivity contribution in [1.82, 2.24) is 15.5 Å². The molecule has 0 radical (unpaired) electrons. The third kappa shape index (κ3) is 3.96. The fourth-order valence-electron chi connectivity index (χ4n) is 2.07. The Labute approximate surface area is 128 Å². The number of rotatable bonds is 4. The predicted octanol–water partition coefficient (Wildman–Crippen LogP) is 1.48. The molecule has 120 valence electrons. The molecule has 1 aromatic heterocycles. The summed E-state index contributed by atoms with van der Waals surface area (Å²) < 4.78 is 5.07. The van der Waals surface area contributed by atoms with Crippen molar-refractivity contribution < 1.29 is 19.7 Å². The zero-order valence-electron chi connectivity index (χ0n) is 12.8. The molecule has 4 N–H and O–H groups in total. The highest BCUT2D eigenvalue weighted by atomic mass is 16.6. The summed E-state index contributed by atoms with van der Waals surface area (Å²) in [5.41, 5.74) is 0.698. The highest BCUT2D eigenvalue weighted by molar-refractivity contribution is 5.82. The zero-order valence-corrected chi connectivity index (χ0v) is 12.8. The second kappa shape index (κ2) is 6.33. The van der Waals surface area contributed by atoms with Crippen molar-refractivity contribution in [1.29, 1.82) is 0 Å². The van der Waals surface area contributed by atoms with Crippen LogP contribution in [0.1, 0.15) is 32.4 Å². The Bertz CT molecular complexity index is 648. The molecule has 0 saturated heterocycles. The Kier molecular flexibility index (Phi) is 4.68. The maximum absolute atomic E-state index is 11.6. The number of nitrogens with one attached hydrogen (secondary N) is 2. The molecule has 0 fully saturated rings. The van der Waals surface area contributed by atoms with E-state index in [1.807, 2.05) is 6.07 Å². The van der Waals surface area contributed by atoms with E-state index in [2.05, 4.69) is 15.5 Å². The number of hydrogen-bond donors (Lipinski definition) is 4. The van der Waals surface area contributed by atoms with Crippen LogP contribution in [-0.2, 0) is 4.74 Å². The number of fused-ring (bicyclic) bond motifs is 1. The van der Waals surface area contributed by atoms with Crippen LogP contribution in [0.5, 0.6) is 0 Å².